The van der Waals surface area contributed by atoms with Crippen molar-refractivity contribution in [2.45, 2.75) is 46.1 Å². The lowest BCUT2D eigenvalue weighted by Crippen LogP contribution is -2.32. The van der Waals surface area contributed by atoms with E-state index in [0.717, 1.165) is 29.7 Å². The molecule has 1 heterocycles. The first kappa shape index (κ1) is 23.7. The van der Waals surface area contributed by atoms with Crippen molar-refractivity contribution in [3.8, 4) is 0 Å². The SMILES string of the molecule is Cc1ccc(C)c(C(O)=C2C(=O)C(=O)N(CCCN(C)C)C2c2ccc(C(C)C)cc2)c1. The van der Waals surface area contributed by atoms with Gasteiger partial charge < -0.3 is 14.9 Å². The van der Waals surface area contributed by atoms with Gasteiger partial charge in [-0.25, -0.2) is 0 Å². The third-order valence-corrected chi connectivity index (χ3v) is 6.11. The number of benzene rings is 2. The van der Waals surface area contributed by atoms with Crippen molar-refractivity contribution >= 4 is 17.4 Å². The zero-order valence-corrected chi connectivity index (χ0v) is 20.0. The summed E-state index contributed by atoms with van der Waals surface area (Å²) in [4.78, 5) is 29.9. The molecule has 1 amide bonds. The quantitative estimate of drug-likeness (QED) is 0.386. The fourth-order valence-corrected chi connectivity index (χ4v) is 4.21. The first-order chi connectivity index (χ1) is 15.1. The highest BCUT2D eigenvalue weighted by Gasteiger charge is 2.45. The molecule has 1 fully saturated rings. The summed E-state index contributed by atoms with van der Waals surface area (Å²) in [6, 6.07) is 13.2. The number of aryl methyl sites for hydroxylation is 2. The Morgan fingerprint density at radius 2 is 1.72 bits per heavy atom. The molecule has 1 unspecified atom stereocenters. The Hall–Kier alpha value is -2.92. The minimum atomic E-state index is -0.619. The van der Waals surface area contributed by atoms with Gasteiger partial charge in [-0.15, -0.1) is 0 Å². The van der Waals surface area contributed by atoms with E-state index in [1.807, 2.05) is 70.4 Å². The van der Waals surface area contributed by atoms with Crippen molar-refractivity contribution in [3.63, 3.8) is 0 Å². The summed E-state index contributed by atoms with van der Waals surface area (Å²) in [5.41, 5.74) is 4.64. The summed E-state index contributed by atoms with van der Waals surface area (Å²) in [5.74, 6) is -0.886. The van der Waals surface area contributed by atoms with Crippen molar-refractivity contribution in [1.82, 2.24) is 9.80 Å². The maximum atomic E-state index is 13.2. The van der Waals surface area contributed by atoms with Crippen LogP contribution >= 0.6 is 0 Å². The third kappa shape index (κ3) is 4.78. The standard InChI is InChI=1S/C27H34N2O3/c1-17(2)20-10-12-21(13-11-20)24-23(25(30)22-16-18(3)8-9-19(22)4)26(31)27(32)29(24)15-7-14-28(5)6/h8-13,16-17,24,30H,7,14-15H2,1-6H3. The van der Waals surface area contributed by atoms with Crippen LogP contribution in [0.1, 0.15) is 60.0 Å². The van der Waals surface area contributed by atoms with Crippen molar-refractivity contribution in [1.29, 1.82) is 0 Å². The van der Waals surface area contributed by atoms with Gasteiger partial charge in [-0.05, 0) is 69.6 Å². The van der Waals surface area contributed by atoms with Crippen LogP contribution in [0.4, 0.5) is 0 Å². The van der Waals surface area contributed by atoms with E-state index < -0.39 is 17.7 Å². The fraction of sp³-hybridized carbons (Fsp3) is 0.407. The monoisotopic (exact) mass is 434 g/mol. The first-order valence-corrected chi connectivity index (χ1v) is 11.2. The predicted octanol–water partition coefficient (Wildman–Crippen LogP) is 4.80. The molecule has 0 aliphatic carbocycles. The van der Waals surface area contributed by atoms with E-state index in [-0.39, 0.29) is 11.3 Å². The second kappa shape index (κ2) is 9.70. The van der Waals surface area contributed by atoms with Gasteiger partial charge in [-0.3, -0.25) is 9.59 Å². The number of hydrogen-bond donors (Lipinski definition) is 1. The summed E-state index contributed by atoms with van der Waals surface area (Å²) in [6.45, 7) is 9.35. The van der Waals surface area contributed by atoms with Crippen LogP contribution in [-0.2, 0) is 9.59 Å². The summed E-state index contributed by atoms with van der Waals surface area (Å²) < 4.78 is 0. The Kier molecular flexibility index (Phi) is 7.19. The molecule has 2 aromatic carbocycles. The van der Waals surface area contributed by atoms with Gasteiger partial charge >= 0.3 is 0 Å². The summed E-state index contributed by atoms with van der Waals surface area (Å²) in [5, 5.41) is 11.3. The molecular formula is C27H34N2O3. The smallest absolute Gasteiger partial charge is 0.295 e. The Balaban J connectivity index is 2.13. The highest BCUT2D eigenvalue weighted by Crippen LogP contribution is 2.40. The number of hydrogen-bond acceptors (Lipinski definition) is 4. The molecule has 170 valence electrons. The largest absolute Gasteiger partial charge is 0.507 e. The van der Waals surface area contributed by atoms with Crippen molar-refractivity contribution in [2.75, 3.05) is 27.2 Å². The van der Waals surface area contributed by atoms with Gasteiger partial charge in [-0.2, -0.15) is 0 Å². The molecule has 0 spiro atoms. The van der Waals surface area contributed by atoms with E-state index in [1.165, 1.54) is 5.56 Å². The summed E-state index contributed by atoms with van der Waals surface area (Å²) in [7, 11) is 3.97. The lowest BCUT2D eigenvalue weighted by atomic mass is 9.92. The van der Waals surface area contributed by atoms with Crippen LogP contribution in [0.3, 0.4) is 0 Å². The molecular weight excluding hydrogens is 400 g/mol. The topological polar surface area (TPSA) is 60.9 Å². The summed E-state index contributed by atoms with van der Waals surface area (Å²) >= 11 is 0. The number of carbonyl (C=O) groups is 2. The van der Waals surface area contributed by atoms with Gasteiger partial charge in [0, 0.05) is 12.1 Å². The molecule has 5 nitrogen and oxygen atoms in total. The molecule has 2 aromatic rings. The molecule has 1 N–H and O–H groups in total. The van der Waals surface area contributed by atoms with Crippen LogP contribution < -0.4 is 0 Å². The maximum absolute atomic E-state index is 13.2. The number of aliphatic hydroxyl groups excluding tert-OH is 1. The number of amides is 1. The molecule has 0 bridgehead atoms. The average Bonchev–Trinajstić information content (AvgIpc) is 2.99. The lowest BCUT2D eigenvalue weighted by molar-refractivity contribution is -0.139. The van der Waals surface area contributed by atoms with Crippen LogP contribution in [0.2, 0.25) is 0 Å². The van der Waals surface area contributed by atoms with Gasteiger partial charge in [0.05, 0.1) is 11.6 Å². The van der Waals surface area contributed by atoms with E-state index in [0.29, 0.717) is 18.0 Å². The number of carbonyl (C=O) groups excluding carboxylic acids is 2. The normalized spacial score (nSPS) is 18.2. The summed E-state index contributed by atoms with van der Waals surface area (Å²) in [6.07, 6.45) is 0.740. The van der Waals surface area contributed by atoms with Crippen molar-refractivity contribution in [2.24, 2.45) is 0 Å². The minimum Gasteiger partial charge on any atom is -0.507 e. The number of nitrogens with zero attached hydrogens (tertiary/aromatic N) is 2. The number of likely N-dealkylation sites (tertiary alicyclic amines) is 1. The van der Waals surface area contributed by atoms with Crippen molar-refractivity contribution in [3.05, 3.63) is 75.9 Å². The minimum absolute atomic E-state index is 0.0994. The highest BCUT2D eigenvalue weighted by atomic mass is 16.3. The van der Waals surface area contributed by atoms with Crippen LogP contribution in [0.15, 0.2) is 48.0 Å². The second-order valence-electron chi connectivity index (χ2n) is 9.29. The molecule has 32 heavy (non-hydrogen) atoms. The second-order valence-corrected chi connectivity index (χ2v) is 9.29. The van der Waals surface area contributed by atoms with Crippen LogP contribution in [0.25, 0.3) is 5.76 Å². The molecule has 1 saturated heterocycles. The molecule has 0 radical (unpaired) electrons. The Labute approximate surface area is 191 Å². The molecule has 5 heteroatoms. The highest BCUT2D eigenvalue weighted by molar-refractivity contribution is 6.46. The number of rotatable bonds is 7. The lowest BCUT2D eigenvalue weighted by Gasteiger charge is -2.26. The van der Waals surface area contributed by atoms with Crippen LogP contribution in [-0.4, -0.2) is 53.8 Å². The average molecular weight is 435 g/mol. The van der Waals surface area contributed by atoms with E-state index in [9.17, 15) is 14.7 Å². The molecule has 1 aliphatic heterocycles. The van der Waals surface area contributed by atoms with E-state index in [1.54, 1.807) is 4.90 Å². The molecule has 0 aromatic heterocycles. The van der Waals surface area contributed by atoms with Gasteiger partial charge in [0.25, 0.3) is 11.7 Å². The molecule has 3 rings (SSSR count). The zero-order chi connectivity index (χ0) is 23.6. The Bertz CT molecular complexity index is 1040. The van der Waals surface area contributed by atoms with E-state index in [2.05, 4.69) is 18.7 Å². The zero-order valence-electron chi connectivity index (χ0n) is 20.0. The fourth-order valence-electron chi connectivity index (χ4n) is 4.21. The van der Waals surface area contributed by atoms with Gasteiger partial charge in [-0.1, -0.05) is 55.8 Å². The Morgan fingerprint density at radius 3 is 2.31 bits per heavy atom. The van der Waals surface area contributed by atoms with Gasteiger partial charge in [0.15, 0.2) is 0 Å². The Morgan fingerprint density at radius 1 is 1.06 bits per heavy atom. The van der Waals surface area contributed by atoms with Crippen LogP contribution in [0.5, 0.6) is 0 Å². The number of aliphatic hydroxyl groups is 1. The van der Waals surface area contributed by atoms with E-state index >= 15 is 0 Å². The van der Waals surface area contributed by atoms with Crippen molar-refractivity contribution < 1.29 is 14.7 Å². The van der Waals surface area contributed by atoms with Crippen LogP contribution in [0, 0.1) is 13.8 Å². The molecule has 1 aliphatic rings. The third-order valence-electron chi connectivity index (χ3n) is 6.11. The number of ketones is 1. The number of Topliss-reactive ketones (excluding diaryl/α,β-unsaturated/α-hetero) is 1. The van der Waals surface area contributed by atoms with Gasteiger partial charge in [0.2, 0.25) is 0 Å². The first-order valence-electron chi connectivity index (χ1n) is 11.2. The van der Waals surface area contributed by atoms with E-state index in [4.69, 9.17) is 0 Å². The van der Waals surface area contributed by atoms with Gasteiger partial charge in [0.1, 0.15) is 5.76 Å². The molecule has 1 atom stereocenters. The molecule has 0 saturated carbocycles. The predicted molar refractivity (Wildman–Crippen MR) is 129 cm³/mol. The maximum Gasteiger partial charge on any atom is 0.295 e.